The van der Waals surface area contributed by atoms with Crippen molar-refractivity contribution in [3.63, 3.8) is 0 Å². The summed E-state index contributed by atoms with van der Waals surface area (Å²) >= 11 is 6.11. The Morgan fingerprint density at radius 1 is 1.12 bits per heavy atom. The fourth-order valence-corrected chi connectivity index (χ4v) is 3.00. The first-order valence-electron chi connectivity index (χ1n) is 8.24. The zero-order valence-electron chi connectivity index (χ0n) is 14.4. The molecular formula is C20H19ClN2O3. The van der Waals surface area contributed by atoms with E-state index in [4.69, 9.17) is 16.3 Å². The Bertz CT molecular complexity index is 998. The number of fused-ring (bicyclic) bond motifs is 1. The van der Waals surface area contributed by atoms with Crippen LogP contribution in [-0.2, 0) is 22.5 Å². The van der Waals surface area contributed by atoms with Crippen LogP contribution in [0.1, 0.15) is 5.56 Å². The van der Waals surface area contributed by atoms with Gasteiger partial charge in [0.15, 0.2) is 0 Å². The number of hydrogen-bond acceptors (Lipinski definition) is 3. The van der Waals surface area contributed by atoms with Crippen LogP contribution < -0.4 is 10.9 Å². The van der Waals surface area contributed by atoms with Gasteiger partial charge in [-0.3, -0.25) is 9.59 Å². The SMILES string of the molecule is COCCn1ccc2c(NC(=O)Cc3ccccc3Cl)cccc2c1=O. The number of pyridine rings is 1. The molecule has 0 fully saturated rings. The lowest BCUT2D eigenvalue weighted by molar-refractivity contribution is -0.115. The summed E-state index contributed by atoms with van der Waals surface area (Å²) in [6.07, 6.45) is 1.88. The Labute approximate surface area is 156 Å². The summed E-state index contributed by atoms with van der Waals surface area (Å²) < 4.78 is 6.63. The molecule has 1 N–H and O–H groups in total. The van der Waals surface area contributed by atoms with Crippen molar-refractivity contribution in [3.8, 4) is 0 Å². The van der Waals surface area contributed by atoms with Crippen LogP contribution in [-0.4, -0.2) is 24.2 Å². The number of nitrogens with zero attached hydrogens (tertiary/aromatic N) is 1. The first kappa shape index (κ1) is 18.2. The molecule has 1 amide bonds. The average molecular weight is 371 g/mol. The zero-order valence-corrected chi connectivity index (χ0v) is 15.1. The summed E-state index contributed by atoms with van der Waals surface area (Å²) in [7, 11) is 1.60. The van der Waals surface area contributed by atoms with Crippen molar-refractivity contribution in [3.05, 3.63) is 75.7 Å². The standard InChI is InChI=1S/C20H19ClN2O3/c1-26-12-11-23-10-9-15-16(20(23)25)6-4-8-18(15)22-19(24)13-14-5-2-3-7-17(14)21/h2-10H,11-13H2,1H3,(H,22,24). The van der Waals surface area contributed by atoms with Gasteiger partial charge in [0.1, 0.15) is 0 Å². The van der Waals surface area contributed by atoms with Gasteiger partial charge in [-0.1, -0.05) is 35.9 Å². The number of aromatic nitrogens is 1. The highest BCUT2D eigenvalue weighted by molar-refractivity contribution is 6.31. The van der Waals surface area contributed by atoms with E-state index in [1.54, 1.807) is 42.1 Å². The van der Waals surface area contributed by atoms with Crippen LogP contribution in [0.25, 0.3) is 10.8 Å². The fraction of sp³-hybridized carbons (Fsp3) is 0.200. The van der Waals surface area contributed by atoms with Gasteiger partial charge in [0, 0.05) is 41.3 Å². The molecule has 134 valence electrons. The lowest BCUT2D eigenvalue weighted by Gasteiger charge is -2.11. The summed E-state index contributed by atoms with van der Waals surface area (Å²) in [4.78, 5) is 25.0. The van der Waals surface area contributed by atoms with Crippen molar-refractivity contribution in [2.45, 2.75) is 13.0 Å². The molecule has 0 radical (unpaired) electrons. The molecule has 0 spiro atoms. The normalized spacial score (nSPS) is 10.8. The summed E-state index contributed by atoms with van der Waals surface area (Å²) in [6, 6.07) is 14.4. The smallest absolute Gasteiger partial charge is 0.258 e. The van der Waals surface area contributed by atoms with Crippen LogP contribution in [0.5, 0.6) is 0 Å². The second-order valence-electron chi connectivity index (χ2n) is 5.89. The van der Waals surface area contributed by atoms with E-state index < -0.39 is 0 Å². The largest absolute Gasteiger partial charge is 0.383 e. The molecule has 0 aliphatic heterocycles. The third-order valence-corrected chi connectivity index (χ3v) is 4.51. The highest BCUT2D eigenvalue weighted by Gasteiger charge is 2.11. The molecule has 1 heterocycles. The highest BCUT2D eigenvalue weighted by atomic mass is 35.5. The first-order valence-corrected chi connectivity index (χ1v) is 8.62. The summed E-state index contributed by atoms with van der Waals surface area (Å²) in [5.74, 6) is -0.186. The summed E-state index contributed by atoms with van der Waals surface area (Å²) in [6.45, 7) is 0.939. The van der Waals surface area contributed by atoms with Gasteiger partial charge in [-0.25, -0.2) is 0 Å². The molecule has 26 heavy (non-hydrogen) atoms. The van der Waals surface area contributed by atoms with Crippen molar-refractivity contribution >= 4 is 34.0 Å². The second-order valence-corrected chi connectivity index (χ2v) is 6.30. The van der Waals surface area contributed by atoms with E-state index in [-0.39, 0.29) is 17.9 Å². The lowest BCUT2D eigenvalue weighted by Crippen LogP contribution is -2.22. The number of ether oxygens (including phenoxy) is 1. The number of rotatable bonds is 6. The number of methoxy groups -OCH3 is 1. The number of carbonyl (C=O) groups excluding carboxylic acids is 1. The number of halogens is 1. The predicted molar refractivity (Wildman–Crippen MR) is 104 cm³/mol. The molecular weight excluding hydrogens is 352 g/mol. The van der Waals surface area contributed by atoms with Gasteiger partial charge in [-0.2, -0.15) is 0 Å². The minimum Gasteiger partial charge on any atom is -0.383 e. The monoisotopic (exact) mass is 370 g/mol. The quantitative estimate of drug-likeness (QED) is 0.722. The maximum Gasteiger partial charge on any atom is 0.258 e. The van der Waals surface area contributed by atoms with Crippen molar-refractivity contribution in [1.82, 2.24) is 4.57 Å². The number of anilines is 1. The van der Waals surface area contributed by atoms with Crippen LogP contribution in [0.3, 0.4) is 0 Å². The first-order chi connectivity index (χ1) is 12.6. The molecule has 0 bridgehead atoms. The van der Waals surface area contributed by atoms with Crippen molar-refractivity contribution in [2.75, 3.05) is 19.0 Å². The Hall–Kier alpha value is -2.63. The molecule has 1 aromatic heterocycles. The second kappa shape index (κ2) is 8.17. The topological polar surface area (TPSA) is 60.3 Å². The van der Waals surface area contributed by atoms with Crippen molar-refractivity contribution in [1.29, 1.82) is 0 Å². The molecule has 0 saturated heterocycles. The van der Waals surface area contributed by atoms with E-state index in [0.29, 0.717) is 34.6 Å². The minimum atomic E-state index is -0.186. The molecule has 5 nitrogen and oxygen atoms in total. The summed E-state index contributed by atoms with van der Waals surface area (Å²) in [5, 5.41) is 4.70. The molecule has 0 aliphatic carbocycles. The van der Waals surface area contributed by atoms with E-state index in [1.807, 2.05) is 24.3 Å². The molecule has 0 atom stereocenters. The highest BCUT2D eigenvalue weighted by Crippen LogP contribution is 2.22. The third-order valence-electron chi connectivity index (χ3n) is 4.14. The molecule has 6 heteroatoms. The van der Waals surface area contributed by atoms with E-state index in [2.05, 4.69) is 5.32 Å². The van der Waals surface area contributed by atoms with Crippen molar-refractivity contribution < 1.29 is 9.53 Å². The van der Waals surface area contributed by atoms with E-state index in [0.717, 1.165) is 5.56 Å². The van der Waals surface area contributed by atoms with Crippen LogP contribution in [0.2, 0.25) is 5.02 Å². The number of amides is 1. The zero-order chi connectivity index (χ0) is 18.5. The van der Waals surface area contributed by atoms with Crippen molar-refractivity contribution in [2.24, 2.45) is 0 Å². The molecule has 0 unspecified atom stereocenters. The van der Waals surface area contributed by atoms with Crippen LogP contribution in [0, 0.1) is 0 Å². The number of benzene rings is 2. The van der Waals surface area contributed by atoms with Crippen LogP contribution >= 0.6 is 11.6 Å². The summed E-state index contributed by atoms with van der Waals surface area (Å²) in [5.41, 5.74) is 1.26. The Balaban J connectivity index is 1.86. The third kappa shape index (κ3) is 3.95. The van der Waals surface area contributed by atoms with Gasteiger partial charge < -0.3 is 14.6 Å². The van der Waals surface area contributed by atoms with Gasteiger partial charge in [0.25, 0.3) is 5.56 Å². The Morgan fingerprint density at radius 3 is 2.69 bits per heavy atom. The van der Waals surface area contributed by atoms with Gasteiger partial charge in [-0.15, -0.1) is 0 Å². The van der Waals surface area contributed by atoms with Gasteiger partial charge >= 0.3 is 0 Å². The molecule has 0 saturated carbocycles. The number of hydrogen-bond donors (Lipinski definition) is 1. The fourth-order valence-electron chi connectivity index (χ4n) is 2.80. The van der Waals surface area contributed by atoms with Gasteiger partial charge in [0.2, 0.25) is 5.91 Å². The van der Waals surface area contributed by atoms with Crippen LogP contribution in [0.4, 0.5) is 5.69 Å². The molecule has 3 aromatic rings. The average Bonchev–Trinajstić information content (AvgIpc) is 2.64. The number of nitrogens with one attached hydrogen (secondary N) is 1. The Kier molecular flexibility index (Phi) is 5.71. The van der Waals surface area contributed by atoms with Gasteiger partial charge in [0.05, 0.1) is 13.0 Å². The predicted octanol–water partition coefficient (Wildman–Crippen LogP) is 3.48. The Morgan fingerprint density at radius 2 is 1.92 bits per heavy atom. The maximum atomic E-state index is 12.6. The number of carbonyl (C=O) groups is 1. The minimum absolute atomic E-state index is 0.109. The van der Waals surface area contributed by atoms with E-state index >= 15 is 0 Å². The van der Waals surface area contributed by atoms with Crippen LogP contribution in [0.15, 0.2) is 59.5 Å². The van der Waals surface area contributed by atoms with E-state index in [9.17, 15) is 9.59 Å². The van der Waals surface area contributed by atoms with E-state index in [1.165, 1.54) is 0 Å². The van der Waals surface area contributed by atoms with Gasteiger partial charge in [-0.05, 0) is 29.8 Å². The maximum absolute atomic E-state index is 12.6. The molecule has 2 aromatic carbocycles. The lowest BCUT2D eigenvalue weighted by atomic mass is 10.1. The molecule has 3 rings (SSSR count). The molecule has 0 aliphatic rings.